The molecular weight excluding hydrogens is 216 g/mol. The van der Waals surface area contributed by atoms with Gasteiger partial charge in [0.05, 0.1) is 6.10 Å². The van der Waals surface area contributed by atoms with Gasteiger partial charge in [-0.15, -0.1) is 0 Å². The number of ether oxygens (including phenoxy) is 1. The van der Waals surface area contributed by atoms with Crippen LogP contribution in [0.5, 0.6) is 0 Å². The Labute approximate surface area is 105 Å². The first-order valence-corrected chi connectivity index (χ1v) is 6.99. The van der Waals surface area contributed by atoms with E-state index in [1.165, 1.54) is 25.7 Å². The summed E-state index contributed by atoms with van der Waals surface area (Å²) in [5.74, 6) is -0.806. The fourth-order valence-corrected chi connectivity index (χ4v) is 2.14. The lowest BCUT2D eigenvalue weighted by Gasteiger charge is -2.35. The van der Waals surface area contributed by atoms with Crippen LogP contribution in [-0.4, -0.2) is 22.8 Å². The monoisotopic (exact) mass is 242 g/mol. The first-order chi connectivity index (χ1) is 8.08. The zero-order valence-corrected chi connectivity index (χ0v) is 11.2. The Balaban J connectivity index is 2.28. The second kappa shape index (κ2) is 7.00. The van der Waals surface area contributed by atoms with Crippen molar-refractivity contribution in [3.8, 4) is 0 Å². The van der Waals surface area contributed by atoms with Crippen molar-refractivity contribution in [2.75, 3.05) is 0 Å². The molecule has 0 saturated heterocycles. The van der Waals surface area contributed by atoms with E-state index in [0.29, 0.717) is 6.42 Å². The van der Waals surface area contributed by atoms with E-state index in [0.717, 1.165) is 25.7 Å². The van der Waals surface area contributed by atoms with Crippen LogP contribution in [0.3, 0.4) is 0 Å². The summed E-state index contributed by atoms with van der Waals surface area (Å²) < 4.78 is 5.74. The highest BCUT2D eigenvalue weighted by molar-refractivity contribution is 5.76. The predicted molar refractivity (Wildman–Crippen MR) is 68.1 cm³/mol. The fraction of sp³-hybridized carbons (Fsp3) is 0.929. The molecule has 1 fully saturated rings. The van der Waals surface area contributed by atoms with Crippen molar-refractivity contribution in [1.29, 1.82) is 0 Å². The van der Waals surface area contributed by atoms with Crippen molar-refractivity contribution in [2.45, 2.75) is 83.3 Å². The van der Waals surface area contributed by atoms with Gasteiger partial charge in [0.2, 0.25) is 0 Å². The summed E-state index contributed by atoms with van der Waals surface area (Å²) in [6, 6.07) is 0. The molecule has 0 aromatic carbocycles. The number of carboxylic acids is 1. The maximum absolute atomic E-state index is 11.3. The van der Waals surface area contributed by atoms with Crippen molar-refractivity contribution in [3.05, 3.63) is 0 Å². The number of carboxylic acid groups (broad SMARTS) is 1. The maximum Gasteiger partial charge on any atom is 0.335 e. The molecule has 100 valence electrons. The third-order valence-electron chi connectivity index (χ3n) is 3.69. The van der Waals surface area contributed by atoms with Gasteiger partial charge >= 0.3 is 5.97 Å². The van der Waals surface area contributed by atoms with Gasteiger partial charge in [-0.25, -0.2) is 4.79 Å². The molecule has 3 heteroatoms. The molecule has 1 saturated carbocycles. The van der Waals surface area contributed by atoms with Crippen LogP contribution < -0.4 is 0 Å². The van der Waals surface area contributed by atoms with Crippen LogP contribution in [-0.2, 0) is 9.53 Å². The molecule has 0 aromatic heterocycles. The number of hydrogen-bond donors (Lipinski definition) is 1. The Morgan fingerprint density at radius 2 is 1.94 bits per heavy atom. The average Bonchev–Trinajstić information content (AvgIpc) is 2.23. The van der Waals surface area contributed by atoms with Crippen LogP contribution >= 0.6 is 0 Å². The lowest BCUT2D eigenvalue weighted by molar-refractivity contribution is -0.178. The maximum atomic E-state index is 11.3. The van der Waals surface area contributed by atoms with Crippen LogP contribution in [0.4, 0.5) is 0 Å². The number of rotatable bonds is 9. The molecule has 1 atom stereocenters. The summed E-state index contributed by atoms with van der Waals surface area (Å²) in [5.41, 5.74) is -0.961. The second-order valence-electron chi connectivity index (χ2n) is 5.37. The van der Waals surface area contributed by atoms with Gasteiger partial charge in [0.25, 0.3) is 0 Å². The number of aliphatic carboxylic acids is 1. The van der Waals surface area contributed by atoms with E-state index >= 15 is 0 Å². The van der Waals surface area contributed by atoms with E-state index in [-0.39, 0.29) is 6.10 Å². The summed E-state index contributed by atoms with van der Waals surface area (Å²) in [6.07, 6.45) is 9.79. The van der Waals surface area contributed by atoms with Crippen LogP contribution in [0.15, 0.2) is 0 Å². The van der Waals surface area contributed by atoms with E-state index in [9.17, 15) is 9.90 Å². The van der Waals surface area contributed by atoms with Crippen molar-refractivity contribution in [1.82, 2.24) is 0 Å². The minimum Gasteiger partial charge on any atom is -0.479 e. The lowest BCUT2D eigenvalue weighted by Crippen LogP contribution is -2.43. The largest absolute Gasteiger partial charge is 0.479 e. The highest BCUT2D eigenvalue weighted by Gasteiger charge is 2.37. The summed E-state index contributed by atoms with van der Waals surface area (Å²) in [4.78, 5) is 11.3. The molecule has 0 radical (unpaired) electrons. The van der Waals surface area contributed by atoms with E-state index in [1.807, 2.05) is 0 Å². The van der Waals surface area contributed by atoms with Gasteiger partial charge in [-0.3, -0.25) is 0 Å². The smallest absolute Gasteiger partial charge is 0.335 e. The van der Waals surface area contributed by atoms with E-state index in [2.05, 4.69) is 6.92 Å². The molecule has 1 N–H and O–H groups in total. The Hall–Kier alpha value is -0.570. The molecule has 1 aliphatic rings. The van der Waals surface area contributed by atoms with Gasteiger partial charge < -0.3 is 9.84 Å². The molecule has 0 spiro atoms. The van der Waals surface area contributed by atoms with Crippen LogP contribution in [0.1, 0.15) is 71.6 Å². The third-order valence-corrected chi connectivity index (χ3v) is 3.69. The van der Waals surface area contributed by atoms with Crippen molar-refractivity contribution >= 4 is 5.97 Å². The predicted octanol–water partition coefficient (Wildman–Crippen LogP) is 3.76. The number of unbranched alkanes of at least 4 members (excludes halogenated alkanes) is 4. The molecule has 1 unspecified atom stereocenters. The standard InChI is InChI=1S/C14H26O3/c1-3-4-5-6-7-11-14(2,13(15)16)17-12-9-8-10-12/h12H,3-11H2,1-2H3,(H,15,16). The molecule has 0 bridgehead atoms. The average molecular weight is 242 g/mol. The van der Waals surface area contributed by atoms with Gasteiger partial charge in [-0.05, 0) is 39.0 Å². The summed E-state index contributed by atoms with van der Waals surface area (Å²) >= 11 is 0. The molecule has 0 amide bonds. The molecule has 1 aliphatic carbocycles. The van der Waals surface area contributed by atoms with E-state index < -0.39 is 11.6 Å². The first kappa shape index (κ1) is 14.5. The van der Waals surface area contributed by atoms with Gasteiger partial charge in [-0.1, -0.05) is 32.6 Å². The molecule has 0 aliphatic heterocycles. The number of carbonyl (C=O) groups is 1. The topological polar surface area (TPSA) is 46.5 Å². The Morgan fingerprint density at radius 3 is 2.41 bits per heavy atom. The van der Waals surface area contributed by atoms with Crippen molar-refractivity contribution < 1.29 is 14.6 Å². The molecular formula is C14H26O3. The first-order valence-electron chi connectivity index (χ1n) is 6.99. The number of hydrogen-bond acceptors (Lipinski definition) is 2. The molecule has 0 heterocycles. The van der Waals surface area contributed by atoms with Crippen LogP contribution in [0.25, 0.3) is 0 Å². The van der Waals surface area contributed by atoms with Gasteiger partial charge in [0, 0.05) is 0 Å². The van der Waals surface area contributed by atoms with Gasteiger partial charge in [0.15, 0.2) is 5.60 Å². The van der Waals surface area contributed by atoms with Crippen molar-refractivity contribution in [2.24, 2.45) is 0 Å². The van der Waals surface area contributed by atoms with Gasteiger partial charge in [0.1, 0.15) is 0 Å². The zero-order chi connectivity index (χ0) is 12.7. The lowest BCUT2D eigenvalue weighted by atomic mass is 9.92. The highest BCUT2D eigenvalue weighted by Crippen LogP contribution is 2.30. The Morgan fingerprint density at radius 1 is 1.29 bits per heavy atom. The molecule has 3 nitrogen and oxygen atoms in total. The van der Waals surface area contributed by atoms with Crippen molar-refractivity contribution in [3.63, 3.8) is 0 Å². The SMILES string of the molecule is CCCCCCCC(C)(OC1CCC1)C(=O)O. The fourth-order valence-electron chi connectivity index (χ4n) is 2.14. The molecule has 1 rings (SSSR count). The third kappa shape index (κ3) is 4.66. The van der Waals surface area contributed by atoms with Crippen LogP contribution in [0, 0.1) is 0 Å². The van der Waals surface area contributed by atoms with Gasteiger partial charge in [-0.2, -0.15) is 0 Å². The Kier molecular flexibility index (Phi) is 5.96. The zero-order valence-electron chi connectivity index (χ0n) is 11.2. The second-order valence-corrected chi connectivity index (χ2v) is 5.37. The summed E-state index contributed by atoms with van der Waals surface area (Å²) in [5, 5.41) is 9.28. The Bertz CT molecular complexity index is 236. The quantitative estimate of drug-likeness (QED) is 0.626. The molecule has 17 heavy (non-hydrogen) atoms. The molecule has 0 aromatic rings. The normalized spacial score (nSPS) is 19.6. The highest BCUT2D eigenvalue weighted by atomic mass is 16.5. The van der Waals surface area contributed by atoms with Crippen LogP contribution in [0.2, 0.25) is 0 Å². The summed E-state index contributed by atoms with van der Waals surface area (Å²) in [6.45, 7) is 3.91. The minimum absolute atomic E-state index is 0.187. The summed E-state index contributed by atoms with van der Waals surface area (Å²) in [7, 11) is 0. The minimum atomic E-state index is -0.961. The van der Waals surface area contributed by atoms with E-state index in [1.54, 1.807) is 6.92 Å². The van der Waals surface area contributed by atoms with E-state index in [4.69, 9.17) is 4.74 Å².